The van der Waals surface area contributed by atoms with E-state index in [9.17, 15) is 0 Å². The number of aromatic nitrogens is 3. The summed E-state index contributed by atoms with van der Waals surface area (Å²) in [6.45, 7) is 7.00. The molecular formula is C11H18ClN3OS. The molecular weight excluding hydrogens is 258 g/mol. The van der Waals surface area contributed by atoms with Crippen molar-refractivity contribution in [3.63, 3.8) is 0 Å². The van der Waals surface area contributed by atoms with Crippen LogP contribution in [0, 0.1) is 5.92 Å². The van der Waals surface area contributed by atoms with Gasteiger partial charge in [0, 0.05) is 5.75 Å². The maximum Gasteiger partial charge on any atom is 0.321 e. The van der Waals surface area contributed by atoms with Gasteiger partial charge in [0.25, 0.3) is 0 Å². The van der Waals surface area contributed by atoms with Crippen LogP contribution in [0.2, 0.25) is 5.28 Å². The molecule has 0 saturated heterocycles. The van der Waals surface area contributed by atoms with E-state index >= 15 is 0 Å². The van der Waals surface area contributed by atoms with E-state index in [1.807, 2.05) is 6.92 Å². The second-order valence-electron chi connectivity index (χ2n) is 4.05. The van der Waals surface area contributed by atoms with Gasteiger partial charge in [-0.25, -0.2) is 0 Å². The number of hydrogen-bond donors (Lipinski definition) is 0. The lowest BCUT2D eigenvalue weighted by Gasteiger charge is -2.05. The minimum atomic E-state index is 0.193. The maximum absolute atomic E-state index is 5.81. The Morgan fingerprint density at radius 2 is 2.06 bits per heavy atom. The summed E-state index contributed by atoms with van der Waals surface area (Å²) in [5, 5.41) is 0.829. The predicted molar refractivity (Wildman–Crippen MR) is 70.8 cm³/mol. The molecule has 4 nitrogen and oxygen atoms in total. The van der Waals surface area contributed by atoms with Gasteiger partial charge < -0.3 is 4.74 Å². The molecule has 0 amide bonds. The molecule has 0 aromatic carbocycles. The number of rotatable bonds is 7. The predicted octanol–water partition coefficient (Wildman–Crippen LogP) is 3.45. The van der Waals surface area contributed by atoms with Crippen molar-refractivity contribution in [1.29, 1.82) is 0 Å². The van der Waals surface area contributed by atoms with Crippen molar-refractivity contribution < 1.29 is 4.74 Å². The van der Waals surface area contributed by atoms with E-state index in [1.54, 1.807) is 11.8 Å². The smallest absolute Gasteiger partial charge is 0.321 e. The van der Waals surface area contributed by atoms with Gasteiger partial charge in [-0.15, -0.1) is 0 Å². The van der Waals surface area contributed by atoms with E-state index < -0.39 is 0 Å². The SMILES string of the molecule is CCCOc1nc(Cl)nc(SCCC(C)C)n1. The largest absolute Gasteiger partial charge is 0.463 e. The molecule has 0 saturated carbocycles. The molecule has 0 spiro atoms. The third kappa shape index (κ3) is 6.07. The third-order valence-electron chi connectivity index (χ3n) is 1.93. The average molecular weight is 276 g/mol. The van der Waals surface area contributed by atoms with Crippen LogP contribution in [0.5, 0.6) is 6.01 Å². The zero-order chi connectivity index (χ0) is 12.7. The van der Waals surface area contributed by atoms with Gasteiger partial charge >= 0.3 is 6.01 Å². The van der Waals surface area contributed by atoms with Crippen LogP contribution in [-0.2, 0) is 0 Å². The molecule has 0 radical (unpaired) electrons. The molecule has 1 heterocycles. The first-order chi connectivity index (χ1) is 8.11. The van der Waals surface area contributed by atoms with Crippen LogP contribution in [-0.4, -0.2) is 27.3 Å². The van der Waals surface area contributed by atoms with Gasteiger partial charge in [0.05, 0.1) is 6.61 Å². The fourth-order valence-corrected chi connectivity index (χ4v) is 2.29. The number of ether oxygens (including phenoxy) is 1. The first-order valence-electron chi connectivity index (χ1n) is 5.79. The monoisotopic (exact) mass is 275 g/mol. The Hall–Kier alpha value is -0.550. The zero-order valence-electron chi connectivity index (χ0n) is 10.4. The van der Waals surface area contributed by atoms with E-state index in [-0.39, 0.29) is 5.28 Å². The maximum atomic E-state index is 5.81. The zero-order valence-corrected chi connectivity index (χ0v) is 12.0. The first-order valence-corrected chi connectivity index (χ1v) is 7.15. The van der Waals surface area contributed by atoms with Gasteiger partial charge in [0.15, 0.2) is 5.16 Å². The summed E-state index contributed by atoms with van der Waals surface area (Å²) >= 11 is 7.40. The Morgan fingerprint density at radius 1 is 1.29 bits per heavy atom. The van der Waals surface area contributed by atoms with Gasteiger partial charge in [-0.2, -0.15) is 15.0 Å². The summed E-state index contributed by atoms with van der Waals surface area (Å²) in [5.74, 6) is 1.65. The molecule has 0 aliphatic rings. The third-order valence-corrected chi connectivity index (χ3v) is 2.98. The Labute approximate surface area is 112 Å². The Balaban J connectivity index is 2.55. The van der Waals surface area contributed by atoms with Gasteiger partial charge in [0.1, 0.15) is 0 Å². The second-order valence-corrected chi connectivity index (χ2v) is 5.45. The molecule has 0 bridgehead atoms. The second kappa shape index (κ2) is 7.71. The molecule has 0 unspecified atom stereocenters. The summed E-state index contributed by atoms with van der Waals surface area (Å²) in [4.78, 5) is 12.2. The Bertz CT molecular complexity index is 349. The van der Waals surface area contributed by atoms with E-state index in [4.69, 9.17) is 16.3 Å². The van der Waals surface area contributed by atoms with E-state index in [2.05, 4.69) is 28.8 Å². The van der Waals surface area contributed by atoms with Crippen molar-refractivity contribution in [2.45, 2.75) is 38.8 Å². The molecule has 1 rings (SSSR count). The summed E-state index contributed by atoms with van der Waals surface area (Å²) in [5.41, 5.74) is 0. The van der Waals surface area contributed by atoms with Gasteiger partial charge in [-0.3, -0.25) is 0 Å². The summed E-state index contributed by atoms with van der Waals surface area (Å²) in [7, 11) is 0. The summed E-state index contributed by atoms with van der Waals surface area (Å²) < 4.78 is 5.34. The van der Waals surface area contributed by atoms with Crippen molar-refractivity contribution >= 4 is 23.4 Å². The lowest BCUT2D eigenvalue weighted by atomic mass is 10.2. The van der Waals surface area contributed by atoms with Crippen LogP contribution in [0.4, 0.5) is 0 Å². The average Bonchev–Trinajstić information content (AvgIpc) is 2.25. The Morgan fingerprint density at radius 3 is 2.71 bits per heavy atom. The molecule has 0 aliphatic carbocycles. The fourth-order valence-electron chi connectivity index (χ4n) is 1.02. The quantitative estimate of drug-likeness (QED) is 0.713. The minimum Gasteiger partial charge on any atom is -0.463 e. The van der Waals surface area contributed by atoms with E-state index in [0.717, 1.165) is 18.6 Å². The van der Waals surface area contributed by atoms with Crippen LogP contribution in [0.15, 0.2) is 5.16 Å². The van der Waals surface area contributed by atoms with Crippen LogP contribution in [0.25, 0.3) is 0 Å². The van der Waals surface area contributed by atoms with Crippen LogP contribution in [0.1, 0.15) is 33.6 Å². The normalized spacial score (nSPS) is 10.9. The molecule has 0 aliphatic heterocycles. The molecule has 96 valence electrons. The molecule has 0 N–H and O–H groups in total. The van der Waals surface area contributed by atoms with Crippen LogP contribution in [0.3, 0.4) is 0 Å². The molecule has 0 atom stereocenters. The van der Waals surface area contributed by atoms with E-state index in [1.165, 1.54) is 0 Å². The standard InChI is InChI=1S/C11H18ClN3OS/c1-4-6-16-10-13-9(12)14-11(15-10)17-7-5-8(2)3/h8H,4-7H2,1-3H3. The van der Waals surface area contributed by atoms with Crippen LogP contribution >= 0.6 is 23.4 Å². The highest BCUT2D eigenvalue weighted by molar-refractivity contribution is 7.99. The van der Waals surface area contributed by atoms with Crippen molar-refractivity contribution in [1.82, 2.24) is 15.0 Å². The topological polar surface area (TPSA) is 47.9 Å². The first kappa shape index (κ1) is 14.5. The highest BCUT2D eigenvalue weighted by atomic mass is 35.5. The number of halogens is 1. The molecule has 6 heteroatoms. The lowest BCUT2D eigenvalue weighted by molar-refractivity contribution is 0.288. The highest BCUT2D eigenvalue weighted by Gasteiger charge is 2.06. The van der Waals surface area contributed by atoms with Crippen molar-refractivity contribution in [2.75, 3.05) is 12.4 Å². The van der Waals surface area contributed by atoms with Gasteiger partial charge in [-0.05, 0) is 30.4 Å². The van der Waals surface area contributed by atoms with Crippen LogP contribution < -0.4 is 4.74 Å². The van der Waals surface area contributed by atoms with Crippen molar-refractivity contribution in [3.8, 4) is 6.01 Å². The number of thioether (sulfide) groups is 1. The summed E-state index contributed by atoms with van der Waals surface area (Å²) in [6.07, 6.45) is 2.04. The minimum absolute atomic E-state index is 0.193. The van der Waals surface area contributed by atoms with Crippen molar-refractivity contribution in [2.24, 2.45) is 5.92 Å². The number of nitrogens with zero attached hydrogens (tertiary/aromatic N) is 3. The highest BCUT2D eigenvalue weighted by Crippen LogP contribution is 2.19. The molecule has 17 heavy (non-hydrogen) atoms. The number of hydrogen-bond acceptors (Lipinski definition) is 5. The van der Waals surface area contributed by atoms with Gasteiger partial charge in [0.2, 0.25) is 5.28 Å². The van der Waals surface area contributed by atoms with E-state index in [0.29, 0.717) is 23.7 Å². The lowest BCUT2D eigenvalue weighted by Crippen LogP contribution is -2.02. The van der Waals surface area contributed by atoms with Gasteiger partial charge in [-0.1, -0.05) is 32.5 Å². The molecule has 1 aromatic rings. The summed E-state index contributed by atoms with van der Waals surface area (Å²) in [6, 6.07) is 0.318. The Kier molecular flexibility index (Phi) is 6.58. The fraction of sp³-hybridized carbons (Fsp3) is 0.727. The van der Waals surface area contributed by atoms with Crippen molar-refractivity contribution in [3.05, 3.63) is 5.28 Å². The molecule has 1 aromatic heterocycles. The molecule has 0 fully saturated rings.